The van der Waals surface area contributed by atoms with E-state index in [0.717, 1.165) is 63.3 Å². The van der Waals surface area contributed by atoms with Crippen LogP contribution in [0, 0.1) is 0 Å². The molecular formula is C22H33IN6O. The average molecular weight is 524 g/mol. The van der Waals surface area contributed by atoms with E-state index in [-0.39, 0.29) is 30.1 Å². The highest BCUT2D eigenvalue weighted by Crippen LogP contribution is 2.14. The van der Waals surface area contributed by atoms with Crippen molar-refractivity contribution in [3.8, 4) is 5.75 Å². The molecule has 8 heteroatoms. The number of hydrogen-bond acceptors (Lipinski definition) is 5. The zero-order chi connectivity index (χ0) is 20.5. The van der Waals surface area contributed by atoms with E-state index in [9.17, 15) is 0 Å². The van der Waals surface area contributed by atoms with E-state index in [0.29, 0.717) is 0 Å². The number of aliphatic imine (C=N–C) groups is 1. The monoisotopic (exact) mass is 524 g/mol. The number of ether oxygens (including phenoxy) is 1. The predicted octanol–water partition coefficient (Wildman–Crippen LogP) is 3.21. The maximum atomic E-state index is 5.71. The summed E-state index contributed by atoms with van der Waals surface area (Å²) in [5.41, 5.74) is 1.27. The Morgan fingerprint density at radius 3 is 2.37 bits per heavy atom. The first-order valence-corrected chi connectivity index (χ1v) is 10.5. The first-order chi connectivity index (χ1) is 14.2. The van der Waals surface area contributed by atoms with Crippen molar-refractivity contribution in [2.45, 2.75) is 33.3 Å². The second-order valence-corrected chi connectivity index (χ2v) is 7.32. The van der Waals surface area contributed by atoms with Crippen molar-refractivity contribution >= 4 is 35.9 Å². The minimum absolute atomic E-state index is 0. The number of halogens is 1. The lowest BCUT2D eigenvalue weighted by Gasteiger charge is -2.36. The first kappa shape index (κ1) is 24.2. The average Bonchev–Trinajstić information content (AvgIpc) is 2.75. The Morgan fingerprint density at radius 1 is 1.10 bits per heavy atom. The van der Waals surface area contributed by atoms with Crippen LogP contribution in [0.2, 0.25) is 0 Å². The zero-order valence-electron chi connectivity index (χ0n) is 18.1. The summed E-state index contributed by atoms with van der Waals surface area (Å²) in [6.07, 6.45) is 4.69. The minimum atomic E-state index is 0. The maximum Gasteiger partial charge on any atom is 0.225 e. The molecule has 0 unspecified atom stereocenters. The molecule has 1 aromatic heterocycles. The normalized spacial score (nSPS) is 14.5. The highest BCUT2D eigenvalue weighted by Gasteiger charge is 2.20. The molecule has 0 aliphatic carbocycles. The lowest BCUT2D eigenvalue weighted by Crippen LogP contribution is -2.53. The van der Waals surface area contributed by atoms with Gasteiger partial charge in [-0.15, -0.1) is 24.0 Å². The van der Waals surface area contributed by atoms with Gasteiger partial charge in [0.15, 0.2) is 5.96 Å². The SMILES string of the molecule is CCNC(=NCCc1ccc(OC(C)C)cc1)N1CCN(c2ncccn2)CC1.I. The van der Waals surface area contributed by atoms with Crippen LogP contribution < -0.4 is 15.0 Å². The maximum absolute atomic E-state index is 5.71. The van der Waals surface area contributed by atoms with Crippen molar-refractivity contribution in [2.24, 2.45) is 4.99 Å². The van der Waals surface area contributed by atoms with Crippen LogP contribution in [0.4, 0.5) is 5.95 Å². The summed E-state index contributed by atoms with van der Waals surface area (Å²) in [5, 5.41) is 3.43. The van der Waals surface area contributed by atoms with Gasteiger partial charge in [-0.25, -0.2) is 9.97 Å². The van der Waals surface area contributed by atoms with Gasteiger partial charge in [0.25, 0.3) is 0 Å². The standard InChI is InChI=1S/C22H32N6O.HI/c1-4-23-21(26-13-10-19-6-8-20(9-7-19)29-18(2)3)27-14-16-28(17-15-27)22-24-11-5-12-25-22;/h5-9,11-12,18H,4,10,13-17H2,1-3H3,(H,23,26);1H. The van der Waals surface area contributed by atoms with Crippen LogP contribution in [0.5, 0.6) is 5.75 Å². The Kier molecular flexibility index (Phi) is 10.1. The summed E-state index contributed by atoms with van der Waals surface area (Å²) in [6, 6.07) is 10.2. The number of aromatic nitrogens is 2. The molecule has 30 heavy (non-hydrogen) atoms. The molecule has 0 radical (unpaired) electrons. The molecule has 1 aliphatic rings. The van der Waals surface area contributed by atoms with Gasteiger partial charge in [0.1, 0.15) is 5.75 Å². The number of anilines is 1. The molecule has 7 nitrogen and oxygen atoms in total. The third-order valence-corrected chi connectivity index (χ3v) is 4.71. The summed E-state index contributed by atoms with van der Waals surface area (Å²) >= 11 is 0. The molecule has 1 aliphatic heterocycles. The van der Waals surface area contributed by atoms with Crippen LogP contribution in [0.15, 0.2) is 47.7 Å². The van der Waals surface area contributed by atoms with Gasteiger partial charge in [-0.3, -0.25) is 4.99 Å². The third kappa shape index (κ3) is 7.30. The van der Waals surface area contributed by atoms with Crippen molar-refractivity contribution in [3.05, 3.63) is 48.3 Å². The molecule has 1 N–H and O–H groups in total. The molecule has 164 valence electrons. The summed E-state index contributed by atoms with van der Waals surface area (Å²) in [5.74, 6) is 2.71. The van der Waals surface area contributed by atoms with Gasteiger partial charge in [0, 0.05) is 51.7 Å². The van der Waals surface area contributed by atoms with Gasteiger partial charge in [-0.1, -0.05) is 12.1 Å². The summed E-state index contributed by atoms with van der Waals surface area (Å²) in [7, 11) is 0. The van der Waals surface area contributed by atoms with Crippen LogP contribution in [-0.2, 0) is 6.42 Å². The number of hydrogen-bond donors (Lipinski definition) is 1. The number of piperazine rings is 1. The Bertz CT molecular complexity index is 761. The minimum Gasteiger partial charge on any atom is -0.491 e. The van der Waals surface area contributed by atoms with Gasteiger partial charge in [0.2, 0.25) is 5.95 Å². The van der Waals surface area contributed by atoms with Crippen LogP contribution in [0.25, 0.3) is 0 Å². The van der Waals surface area contributed by atoms with E-state index in [4.69, 9.17) is 9.73 Å². The molecule has 2 heterocycles. The van der Waals surface area contributed by atoms with Crippen molar-refractivity contribution in [3.63, 3.8) is 0 Å². The molecule has 1 fully saturated rings. The van der Waals surface area contributed by atoms with Gasteiger partial charge >= 0.3 is 0 Å². The highest BCUT2D eigenvalue weighted by molar-refractivity contribution is 14.0. The van der Waals surface area contributed by atoms with Gasteiger partial charge in [-0.2, -0.15) is 0 Å². The van der Waals surface area contributed by atoms with E-state index in [1.54, 1.807) is 12.4 Å². The van der Waals surface area contributed by atoms with Crippen molar-refractivity contribution in [2.75, 3.05) is 44.2 Å². The van der Waals surface area contributed by atoms with Gasteiger partial charge < -0.3 is 19.9 Å². The smallest absolute Gasteiger partial charge is 0.225 e. The summed E-state index contributed by atoms with van der Waals surface area (Å²) < 4.78 is 5.71. The molecule has 0 spiro atoms. The number of rotatable bonds is 7. The zero-order valence-corrected chi connectivity index (χ0v) is 20.5. The third-order valence-electron chi connectivity index (χ3n) is 4.71. The number of benzene rings is 1. The van der Waals surface area contributed by atoms with Gasteiger partial charge in [-0.05, 0) is 51.0 Å². The molecule has 0 amide bonds. The second kappa shape index (κ2) is 12.6. The molecule has 3 rings (SSSR count). The van der Waals surface area contributed by atoms with E-state index in [1.807, 2.05) is 32.0 Å². The molecule has 0 bridgehead atoms. The van der Waals surface area contributed by atoms with Crippen molar-refractivity contribution in [1.82, 2.24) is 20.2 Å². The lowest BCUT2D eigenvalue weighted by molar-refractivity contribution is 0.242. The van der Waals surface area contributed by atoms with E-state index in [2.05, 4.69) is 44.1 Å². The van der Waals surface area contributed by atoms with Crippen molar-refractivity contribution < 1.29 is 4.74 Å². The first-order valence-electron chi connectivity index (χ1n) is 10.5. The molecule has 1 aromatic carbocycles. The number of guanidine groups is 1. The van der Waals surface area contributed by atoms with E-state index >= 15 is 0 Å². The fraction of sp³-hybridized carbons (Fsp3) is 0.500. The van der Waals surface area contributed by atoms with Crippen LogP contribution >= 0.6 is 24.0 Å². The van der Waals surface area contributed by atoms with Gasteiger partial charge in [0.05, 0.1) is 6.10 Å². The Hall–Kier alpha value is -2.10. The Balaban J connectivity index is 0.00000320. The topological polar surface area (TPSA) is 65.9 Å². The van der Waals surface area contributed by atoms with Crippen molar-refractivity contribution in [1.29, 1.82) is 0 Å². The summed E-state index contributed by atoms with van der Waals surface area (Å²) in [4.78, 5) is 18.1. The van der Waals surface area contributed by atoms with Crippen LogP contribution in [0.1, 0.15) is 26.3 Å². The molecule has 0 atom stereocenters. The largest absolute Gasteiger partial charge is 0.491 e. The predicted molar refractivity (Wildman–Crippen MR) is 133 cm³/mol. The second-order valence-electron chi connectivity index (χ2n) is 7.32. The molecule has 0 saturated carbocycles. The van der Waals surface area contributed by atoms with E-state index in [1.165, 1.54) is 5.56 Å². The fourth-order valence-corrected chi connectivity index (χ4v) is 3.30. The fourth-order valence-electron chi connectivity index (χ4n) is 3.30. The highest BCUT2D eigenvalue weighted by atomic mass is 127. The molecule has 1 saturated heterocycles. The Labute approximate surface area is 197 Å². The molecular weight excluding hydrogens is 491 g/mol. The molecule has 2 aromatic rings. The summed E-state index contributed by atoms with van der Waals surface area (Å²) in [6.45, 7) is 11.4. The lowest BCUT2D eigenvalue weighted by atomic mass is 10.1. The quantitative estimate of drug-likeness (QED) is 0.341. The van der Waals surface area contributed by atoms with E-state index < -0.39 is 0 Å². The number of nitrogens with one attached hydrogen (secondary N) is 1. The Morgan fingerprint density at radius 2 is 1.77 bits per heavy atom. The number of nitrogens with zero attached hydrogens (tertiary/aromatic N) is 5. The van der Waals surface area contributed by atoms with Crippen LogP contribution in [-0.4, -0.2) is 66.2 Å². The van der Waals surface area contributed by atoms with Crippen LogP contribution in [0.3, 0.4) is 0 Å².